The summed E-state index contributed by atoms with van der Waals surface area (Å²) in [5.74, 6) is -1.85. The Morgan fingerprint density at radius 3 is 2.67 bits per heavy atom. The van der Waals surface area contributed by atoms with Crippen LogP contribution in [0.1, 0.15) is 12.5 Å². The third-order valence-electron chi connectivity index (χ3n) is 2.09. The number of nitro benzene ring substituents is 1. The minimum Gasteiger partial charge on any atom is -0.460 e. The highest BCUT2D eigenvalue weighted by Gasteiger charge is 2.21. The third-order valence-corrected chi connectivity index (χ3v) is 2.33. The summed E-state index contributed by atoms with van der Waals surface area (Å²) < 4.78 is 4.52. The number of nitrogens with zero attached hydrogens (tertiary/aromatic N) is 1. The van der Waals surface area contributed by atoms with Crippen molar-refractivity contribution in [3.63, 3.8) is 0 Å². The van der Waals surface area contributed by atoms with Gasteiger partial charge in [-0.25, -0.2) is 4.79 Å². The SMILES string of the molecule is CCOC(=O)C(=O)Cc1cc(Cl)ccc1[N+](=O)[O-]. The number of benzene rings is 1. The molecule has 0 aromatic heterocycles. The summed E-state index contributed by atoms with van der Waals surface area (Å²) in [6, 6.07) is 3.82. The molecule has 0 fully saturated rings. The molecule has 96 valence electrons. The van der Waals surface area contributed by atoms with Gasteiger partial charge in [0.2, 0.25) is 5.78 Å². The van der Waals surface area contributed by atoms with Gasteiger partial charge in [-0.1, -0.05) is 11.6 Å². The molecule has 0 atom stereocenters. The summed E-state index contributed by atoms with van der Waals surface area (Å²) in [6.45, 7) is 1.63. The van der Waals surface area contributed by atoms with Crippen LogP contribution in [0, 0.1) is 10.1 Å². The molecule has 1 aromatic carbocycles. The van der Waals surface area contributed by atoms with Gasteiger partial charge in [-0.15, -0.1) is 0 Å². The topological polar surface area (TPSA) is 86.5 Å². The zero-order valence-electron chi connectivity index (χ0n) is 9.51. The van der Waals surface area contributed by atoms with E-state index in [-0.39, 0.29) is 22.9 Å². The van der Waals surface area contributed by atoms with Crippen molar-refractivity contribution < 1.29 is 19.2 Å². The van der Waals surface area contributed by atoms with Gasteiger partial charge >= 0.3 is 5.97 Å². The molecule has 1 aromatic rings. The number of rotatable bonds is 5. The lowest BCUT2D eigenvalue weighted by Crippen LogP contribution is -2.19. The van der Waals surface area contributed by atoms with Crippen LogP contribution >= 0.6 is 11.6 Å². The predicted molar refractivity (Wildman–Crippen MR) is 63.5 cm³/mol. The first-order valence-corrected chi connectivity index (χ1v) is 5.46. The summed E-state index contributed by atoms with van der Waals surface area (Å²) in [4.78, 5) is 32.7. The van der Waals surface area contributed by atoms with E-state index in [9.17, 15) is 19.7 Å². The normalized spacial score (nSPS) is 9.89. The number of hydrogen-bond acceptors (Lipinski definition) is 5. The van der Waals surface area contributed by atoms with Crippen LogP contribution in [0.2, 0.25) is 5.02 Å². The fourth-order valence-corrected chi connectivity index (χ4v) is 1.53. The maximum absolute atomic E-state index is 11.4. The number of esters is 1. The molecular formula is C11H10ClNO5. The van der Waals surface area contributed by atoms with Crippen molar-refractivity contribution in [1.29, 1.82) is 0 Å². The first-order valence-electron chi connectivity index (χ1n) is 5.08. The molecule has 18 heavy (non-hydrogen) atoms. The van der Waals surface area contributed by atoms with E-state index in [0.717, 1.165) is 0 Å². The van der Waals surface area contributed by atoms with Crippen molar-refractivity contribution >= 4 is 29.0 Å². The van der Waals surface area contributed by atoms with E-state index in [0.29, 0.717) is 0 Å². The summed E-state index contributed by atoms with van der Waals surface area (Å²) in [6.07, 6.45) is -0.407. The standard InChI is InChI=1S/C11H10ClNO5/c1-2-18-11(15)10(14)6-7-5-8(12)3-4-9(7)13(16)17/h3-5H,2,6H2,1H3. The highest BCUT2D eigenvalue weighted by atomic mass is 35.5. The lowest BCUT2D eigenvalue weighted by Gasteiger charge is -2.03. The molecule has 0 aliphatic carbocycles. The van der Waals surface area contributed by atoms with E-state index >= 15 is 0 Å². The Morgan fingerprint density at radius 1 is 1.44 bits per heavy atom. The van der Waals surface area contributed by atoms with Crippen molar-refractivity contribution in [1.82, 2.24) is 0 Å². The van der Waals surface area contributed by atoms with Crippen LogP contribution in [0.4, 0.5) is 5.69 Å². The monoisotopic (exact) mass is 271 g/mol. The molecule has 0 aliphatic heterocycles. The Labute approximate surface area is 108 Å². The number of carbonyl (C=O) groups is 2. The van der Waals surface area contributed by atoms with E-state index in [2.05, 4.69) is 4.74 Å². The van der Waals surface area contributed by atoms with Crippen LogP contribution in [0.5, 0.6) is 0 Å². The Morgan fingerprint density at radius 2 is 2.11 bits per heavy atom. The number of halogens is 1. The first kappa shape index (κ1) is 14.1. The molecule has 0 bridgehead atoms. The maximum Gasteiger partial charge on any atom is 0.374 e. The van der Waals surface area contributed by atoms with Gasteiger partial charge in [-0.05, 0) is 19.1 Å². The second kappa shape index (κ2) is 6.11. The quantitative estimate of drug-likeness (QED) is 0.353. The molecule has 0 spiro atoms. The van der Waals surface area contributed by atoms with Crippen molar-refractivity contribution in [2.75, 3.05) is 6.61 Å². The van der Waals surface area contributed by atoms with Gasteiger partial charge in [0.15, 0.2) is 0 Å². The highest BCUT2D eigenvalue weighted by molar-refractivity contribution is 6.34. The molecule has 0 heterocycles. The van der Waals surface area contributed by atoms with Crippen molar-refractivity contribution in [2.24, 2.45) is 0 Å². The minimum absolute atomic E-state index is 0.0716. The number of nitro groups is 1. The molecule has 0 aliphatic rings. The fourth-order valence-electron chi connectivity index (χ4n) is 1.33. The number of ether oxygens (including phenoxy) is 1. The van der Waals surface area contributed by atoms with Gasteiger partial charge in [0.1, 0.15) is 0 Å². The van der Waals surface area contributed by atoms with E-state index < -0.39 is 23.1 Å². The molecule has 0 saturated heterocycles. The molecule has 1 rings (SSSR count). The molecule has 0 unspecified atom stereocenters. The van der Waals surface area contributed by atoms with E-state index in [4.69, 9.17) is 11.6 Å². The smallest absolute Gasteiger partial charge is 0.374 e. The van der Waals surface area contributed by atoms with Crippen LogP contribution in [0.3, 0.4) is 0 Å². The molecule has 7 heteroatoms. The Balaban J connectivity index is 2.96. The van der Waals surface area contributed by atoms with Gasteiger partial charge in [0.05, 0.1) is 11.5 Å². The average molecular weight is 272 g/mol. The van der Waals surface area contributed by atoms with Crippen molar-refractivity contribution in [2.45, 2.75) is 13.3 Å². The molecular weight excluding hydrogens is 262 g/mol. The van der Waals surface area contributed by atoms with E-state index in [1.54, 1.807) is 6.92 Å². The lowest BCUT2D eigenvalue weighted by molar-refractivity contribution is -0.385. The third kappa shape index (κ3) is 3.53. The van der Waals surface area contributed by atoms with Gasteiger partial charge in [-0.3, -0.25) is 14.9 Å². The number of hydrogen-bond donors (Lipinski definition) is 0. The number of carbonyl (C=O) groups excluding carboxylic acids is 2. The van der Waals surface area contributed by atoms with Gasteiger partial charge in [-0.2, -0.15) is 0 Å². The second-order valence-electron chi connectivity index (χ2n) is 3.35. The van der Waals surface area contributed by atoms with Gasteiger partial charge in [0.25, 0.3) is 5.69 Å². The van der Waals surface area contributed by atoms with Crippen LogP contribution in [-0.2, 0) is 20.7 Å². The predicted octanol–water partition coefficient (Wildman–Crippen LogP) is 1.92. The van der Waals surface area contributed by atoms with Crippen LogP contribution < -0.4 is 0 Å². The average Bonchev–Trinajstić information content (AvgIpc) is 2.28. The summed E-state index contributed by atoms with van der Waals surface area (Å²) in [5.41, 5.74) is -0.164. The first-order chi connectivity index (χ1) is 8.45. The summed E-state index contributed by atoms with van der Waals surface area (Å²) in [5, 5.41) is 11.0. The Hall–Kier alpha value is -1.95. The van der Waals surface area contributed by atoms with Crippen LogP contribution in [0.25, 0.3) is 0 Å². The van der Waals surface area contributed by atoms with Gasteiger partial charge in [0, 0.05) is 23.1 Å². The van der Waals surface area contributed by atoms with Crippen LogP contribution in [0.15, 0.2) is 18.2 Å². The summed E-state index contributed by atoms with van der Waals surface area (Å²) >= 11 is 5.70. The second-order valence-corrected chi connectivity index (χ2v) is 3.79. The summed E-state index contributed by atoms with van der Waals surface area (Å²) in [7, 11) is 0. The van der Waals surface area contributed by atoms with Crippen molar-refractivity contribution in [3.05, 3.63) is 38.9 Å². The maximum atomic E-state index is 11.4. The molecule has 0 radical (unpaired) electrons. The zero-order valence-corrected chi connectivity index (χ0v) is 10.3. The lowest BCUT2D eigenvalue weighted by atomic mass is 10.1. The highest BCUT2D eigenvalue weighted by Crippen LogP contribution is 2.23. The number of Topliss-reactive ketones (excluding diaryl/α,β-unsaturated/α-hetero) is 1. The van der Waals surface area contributed by atoms with E-state index in [1.165, 1.54) is 18.2 Å². The Bertz CT molecular complexity index is 500. The number of ketones is 1. The van der Waals surface area contributed by atoms with Crippen LogP contribution in [-0.4, -0.2) is 23.3 Å². The molecule has 6 nitrogen and oxygen atoms in total. The van der Waals surface area contributed by atoms with Gasteiger partial charge < -0.3 is 4.74 Å². The minimum atomic E-state index is -1.01. The van der Waals surface area contributed by atoms with E-state index in [1.807, 2.05) is 0 Å². The largest absolute Gasteiger partial charge is 0.460 e. The molecule has 0 saturated carbocycles. The van der Waals surface area contributed by atoms with Crippen molar-refractivity contribution in [3.8, 4) is 0 Å². The zero-order chi connectivity index (χ0) is 13.7. The molecule has 0 amide bonds. The molecule has 0 N–H and O–H groups in total. The fraction of sp³-hybridized carbons (Fsp3) is 0.273. The Kier molecular flexibility index (Phi) is 4.79.